The average molecular weight is 349 g/mol. The van der Waals surface area contributed by atoms with Gasteiger partial charge in [0.1, 0.15) is 6.26 Å². The van der Waals surface area contributed by atoms with E-state index in [4.69, 9.17) is 9.57 Å². The topological polar surface area (TPSA) is 55.8 Å². The normalized spacial score (nSPS) is 18.0. The lowest BCUT2D eigenvalue weighted by Crippen LogP contribution is -2.55. The molecule has 1 heterocycles. The van der Waals surface area contributed by atoms with Gasteiger partial charge >= 0.3 is 5.97 Å². The number of hydroxylamine groups is 2. The molecule has 1 aromatic carbocycles. The van der Waals surface area contributed by atoms with Gasteiger partial charge in [0.15, 0.2) is 5.54 Å². The Labute approximate surface area is 147 Å². The van der Waals surface area contributed by atoms with Crippen LogP contribution in [0.25, 0.3) is 0 Å². The predicted molar refractivity (Wildman–Crippen MR) is 94.3 cm³/mol. The number of carbonyl (C=O) groups is 2. The third kappa shape index (κ3) is 3.59. The number of hydrogen-bond acceptors (Lipinski definition) is 5. The van der Waals surface area contributed by atoms with Crippen molar-refractivity contribution in [3.05, 3.63) is 47.7 Å². The molecule has 1 aliphatic heterocycles. The van der Waals surface area contributed by atoms with E-state index in [-0.39, 0.29) is 12.5 Å². The van der Waals surface area contributed by atoms with Crippen LogP contribution in [0, 0.1) is 0 Å². The number of thioether (sulfide) groups is 1. The van der Waals surface area contributed by atoms with E-state index in [9.17, 15) is 9.59 Å². The van der Waals surface area contributed by atoms with Crippen molar-refractivity contribution in [1.29, 1.82) is 0 Å². The highest BCUT2D eigenvalue weighted by Crippen LogP contribution is 2.35. The van der Waals surface area contributed by atoms with Crippen molar-refractivity contribution in [2.24, 2.45) is 0 Å². The Bertz CT molecular complexity index is 627. The van der Waals surface area contributed by atoms with E-state index in [1.165, 1.54) is 0 Å². The fourth-order valence-corrected chi connectivity index (χ4v) is 3.17. The Hall–Kier alpha value is -1.95. The molecule has 6 heteroatoms. The van der Waals surface area contributed by atoms with E-state index in [0.717, 1.165) is 16.2 Å². The van der Waals surface area contributed by atoms with Gasteiger partial charge in [-0.25, -0.2) is 4.79 Å². The third-order valence-electron chi connectivity index (χ3n) is 3.85. The second kappa shape index (κ2) is 7.75. The molecule has 0 saturated heterocycles. The van der Waals surface area contributed by atoms with Crippen molar-refractivity contribution in [1.82, 2.24) is 5.06 Å². The summed E-state index contributed by atoms with van der Waals surface area (Å²) >= 11 is 1.62. The molecule has 24 heavy (non-hydrogen) atoms. The van der Waals surface area contributed by atoms with Gasteiger partial charge in [-0.05, 0) is 38.2 Å². The standard InChI is InChI=1S/C18H23NO4S/c1-5-22-17(21)18(2,3)19-16(20)15(13-9-7-6-8-10-13)14(11-23-19)12-24-4/h6-11,15H,5,12H2,1-4H3. The highest BCUT2D eigenvalue weighted by atomic mass is 32.2. The molecule has 1 amide bonds. The van der Waals surface area contributed by atoms with Gasteiger partial charge < -0.3 is 9.57 Å². The largest absolute Gasteiger partial charge is 0.464 e. The number of nitrogens with zero attached hydrogens (tertiary/aromatic N) is 1. The molecule has 5 nitrogen and oxygen atoms in total. The smallest absolute Gasteiger partial charge is 0.335 e. The summed E-state index contributed by atoms with van der Waals surface area (Å²) in [7, 11) is 0. The third-order valence-corrected chi connectivity index (χ3v) is 4.48. The van der Waals surface area contributed by atoms with Crippen molar-refractivity contribution < 1.29 is 19.2 Å². The van der Waals surface area contributed by atoms with Crippen molar-refractivity contribution >= 4 is 23.6 Å². The number of rotatable bonds is 6. The lowest BCUT2D eigenvalue weighted by atomic mass is 9.89. The molecular formula is C18H23NO4S. The molecular weight excluding hydrogens is 326 g/mol. The summed E-state index contributed by atoms with van der Waals surface area (Å²) < 4.78 is 5.09. The van der Waals surface area contributed by atoms with Crippen LogP contribution in [0.5, 0.6) is 0 Å². The van der Waals surface area contributed by atoms with Crippen LogP contribution in [0.1, 0.15) is 32.3 Å². The molecule has 1 atom stereocenters. The zero-order valence-corrected chi connectivity index (χ0v) is 15.3. The summed E-state index contributed by atoms with van der Waals surface area (Å²) in [5.74, 6) is -0.530. The number of benzene rings is 1. The molecule has 0 bridgehead atoms. The molecule has 0 saturated carbocycles. The Kier molecular flexibility index (Phi) is 5.94. The SMILES string of the molecule is CCOC(=O)C(C)(C)N1OC=C(CSC)C(c2ccccc2)C1=O. The summed E-state index contributed by atoms with van der Waals surface area (Å²) in [6.45, 7) is 5.23. The number of ether oxygens (including phenoxy) is 1. The molecule has 130 valence electrons. The van der Waals surface area contributed by atoms with Crippen molar-refractivity contribution in [2.45, 2.75) is 32.2 Å². The van der Waals surface area contributed by atoms with E-state index in [2.05, 4.69) is 0 Å². The number of esters is 1. The Morgan fingerprint density at radius 2 is 2.00 bits per heavy atom. The predicted octanol–water partition coefficient (Wildman–Crippen LogP) is 3.13. The van der Waals surface area contributed by atoms with Crippen LogP contribution in [-0.4, -0.2) is 41.1 Å². The molecule has 2 rings (SSSR count). The Morgan fingerprint density at radius 3 is 2.58 bits per heavy atom. The Morgan fingerprint density at radius 1 is 1.33 bits per heavy atom. The summed E-state index contributed by atoms with van der Waals surface area (Å²) in [6, 6.07) is 9.53. The van der Waals surface area contributed by atoms with Gasteiger partial charge in [0.05, 0.1) is 12.5 Å². The first kappa shape index (κ1) is 18.4. The van der Waals surface area contributed by atoms with E-state index in [1.54, 1.807) is 38.8 Å². The first-order valence-corrected chi connectivity index (χ1v) is 9.23. The van der Waals surface area contributed by atoms with E-state index < -0.39 is 17.4 Å². The fraction of sp³-hybridized carbons (Fsp3) is 0.444. The molecule has 0 N–H and O–H groups in total. The van der Waals surface area contributed by atoms with Gasteiger partial charge in [0, 0.05) is 5.75 Å². The van der Waals surface area contributed by atoms with E-state index in [1.807, 2.05) is 36.6 Å². The highest BCUT2D eigenvalue weighted by molar-refractivity contribution is 7.98. The Balaban J connectivity index is 2.39. The van der Waals surface area contributed by atoms with Gasteiger partial charge in [-0.2, -0.15) is 16.8 Å². The summed E-state index contributed by atoms with van der Waals surface area (Å²) in [6.07, 6.45) is 3.55. The number of carbonyl (C=O) groups excluding carboxylic acids is 2. The van der Waals surface area contributed by atoms with Crippen molar-refractivity contribution in [3.63, 3.8) is 0 Å². The van der Waals surface area contributed by atoms with E-state index >= 15 is 0 Å². The van der Waals surface area contributed by atoms with Crippen molar-refractivity contribution in [3.8, 4) is 0 Å². The van der Waals surface area contributed by atoms with Crippen LogP contribution in [0.3, 0.4) is 0 Å². The van der Waals surface area contributed by atoms with Crippen LogP contribution in [0.15, 0.2) is 42.2 Å². The zero-order valence-electron chi connectivity index (χ0n) is 14.4. The van der Waals surface area contributed by atoms with Crippen LogP contribution >= 0.6 is 11.8 Å². The maximum Gasteiger partial charge on any atom is 0.335 e. The van der Waals surface area contributed by atoms with Gasteiger partial charge in [-0.15, -0.1) is 0 Å². The molecule has 1 aromatic rings. The second-order valence-corrected chi connectivity index (χ2v) is 6.85. The lowest BCUT2D eigenvalue weighted by molar-refractivity contribution is -0.209. The number of amides is 1. The molecule has 0 spiro atoms. The zero-order chi connectivity index (χ0) is 17.7. The monoisotopic (exact) mass is 349 g/mol. The minimum Gasteiger partial charge on any atom is -0.464 e. The van der Waals surface area contributed by atoms with Crippen LogP contribution < -0.4 is 0 Å². The minimum atomic E-state index is -1.21. The molecule has 1 unspecified atom stereocenters. The fourth-order valence-electron chi connectivity index (χ4n) is 2.60. The lowest BCUT2D eigenvalue weighted by Gasteiger charge is -2.39. The van der Waals surface area contributed by atoms with Gasteiger partial charge in [-0.3, -0.25) is 4.79 Å². The van der Waals surface area contributed by atoms with Gasteiger partial charge in [-0.1, -0.05) is 30.3 Å². The van der Waals surface area contributed by atoms with Gasteiger partial charge in [0.2, 0.25) is 0 Å². The molecule has 1 aliphatic rings. The molecule has 0 fully saturated rings. The quantitative estimate of drug-likeness (QED) is 0.739. The maximum absolute atomic E-state index is 13.1. The van der Waals surface area contributed by atoms with Crippen LogP contribution in [0.4, 0.5) is 0 Å². The average Bonchev–Trinajstić information content (AvgIpc) is 2.56. The van der Waals surface area contributed by atoms with Crippen molar-refractivity contribution in [2.75, 3.05) is 18.6 Å². The number of hydrogen-bond donors (Lipinski definition) is 0. The van der Waals surface area contributed by atoms with E-state index in [0.29, 0.717) is 5.75 Å². The van der Waals surface area contributed by atoms with Gasteiger partial charge in [0.25, 0.3) is 5.91 Å². The molecule has 0 aromatic heterocycles. The highest BCUT2D eigenvalue weighted by Gasteiger charge is 2.46. The summed E-state index contributed by atoms with van der Waals surface area (Å²) in [5, 5.41) is 1.13. The maximum atomic E-state index is 13.1. The first-order chi connectivity index (χ1) is 11.4. The summed E-state index contributed by atoms with van der Waals surface area (Å²) in [4.78, 5) is 30.9. The first-order valence-electron chi connectivity index (χ1n) is 7.84. The van der Waals surface area contributed by atoms with Crippen LogP contribution in [-0.2, 0) is 19.2 Å². The molecule has 0 radical (unpaired) electrons. The minimum absolute atomic E-state index is 0.250. The van der Waals surface area contributed by atoms with Crippen LogP contribution in [0.2, 0.25) is 0 Å². The summed E-state index contributed by atoms with van der Waals surface area (Å²) in [5.41, 5.74) is 0.562. The second-order valence-electron chi connectivity index (χ2n) is 5.99. The molecule has 0 aliphatic carbocycles.